The first-order valence-electron chi connectivity index (χ1n) is 6.11. The maximum absolute atomic E-state index is 12.2. The molecule has 2 rings (SSSR count). The van der Waals surface area contributed by atoms with E-state index in [2.05, 4.69) is 10.3 Å². The van der Waals surface area contributed by atoms with Gasteiger partial charge in [-0.3, -0.25) is 4.79 Å². The first kappa shape index (κ1) is 13.5. The topological polar surface area (TPSA) is 62.2 Å². The molecule has 0 saturated carbocycles. The minimum Gasteiger partial charge on any atom is -0.507 e. The van der Waals surface area contributed by atoms with E-state index < -0.39 is 0 Å². The van der Waals surface area contributed by atoms with E-state index >= 15 is 0 Å². The van der Waals surface area contributed by atoms with Crippen LogP contribution in [0, 0.1) is 6.92 Å². The van der Waals surface area contributed by atoms with Gasteiger partial charge in [-0.1, -0.05) is 18.6 Å². The van der Waals surface area contributed by atoms with Crippen molar-refractivity contribution in [3.8, 4) is 5.75 Å². The number of thiazole rings is 1. The van der Waals surface area contributed by atoms with Crippen molar-refractivity contribution >= 4 is 17.2 Å². The van der Waals surface area contributed by atoms with Gasteiger partial charge >= 0.3 is 0 Å². The van der Waals surface area contributed by atoms with Crippen molar-refractivity contribution in [2.75, 3.05) is 0 Å². The molecular formula is C14H16N2O2S. The number of carbonyl (C=O) groups is 1. The lowest BCUT2D eigenvalue weighted by atomic mass is 10.1. The molecule has 1 aromatic carbocycles. The number of aromatic nitrogens is 1. The molecule has 19 heavy (non-hydrogen) atoms. The molecule has 1 aromatic heterocycles. The molecule has 1 amide bonds. The first-order valence-corrected chi connectivity index (χ1v) is 6.99. The molecule has 1 atom stereocenters. The minimum absolute atomic E-state index is 0.00269. The third-order valence-corrected chi connectivity index (χ3v) is 3.75. The van der Waals surface area contributed by atoms with Gasteiger partial charge in [-0.15, -0.1) is 11.3 Å². The number of carbonyl (C=O) groups excluding carboxylic acids is 1. The quantitative estimate of drug-likeness (QED) is 0.902. The molecule has 0 bridgehead atoms. The molecule has 0 saturated heterocycles. The van der Waals surface area contributed by atoms with Gasteiger partial charge < -0.3 is 10.4 Å². The molecule has 0 aliphatic rings. The Morgan fingerprint density at radius 2 is 2.32 bits per heavy atom. The lowest BCUT2D eigenvalue weighted by Gasteiger charge is -2.15. The van der Waals surface area contributed by atoms with Crippen LogP contribution in [-0.2, 0) is 0 Å². The van der Waals surface area contributed by atoms with Crippen LogP contribution in [0.1, 0.15) is 40.3 Å². The van der Waals surface area contributed by atoms with Gasteiger partial charge in [-0.05, 0) is 25.5 Å². The summed E-state index contributed by atoms with van der Waals surface area (Å²) >= 11 is 1.51. The number of hydrogen-bond acceptors (Lipinski definition) is 4. The molecular weight excluding hydrogens is 260 g/mol. The van der Waals surface area contributed by atoms with Crippen molar-refractivity contribution in [2.45, 2.75) is 26.3 Å². The number of phenolic OH excluding ortho intramolecular Hbond substituents is 1. The summed E-state index contributed by atoms with van der Waals surface area (Å²) in [5, 5.41) is 15.4. The van der Waals surface area contributed by atoms with Crippen molar-refractivity contribution < 1.29 is 9.90 Å². The average Bonchev–Trinajstić information content (AvgIpc) is 2.92. The number of amides is 1. The van der Waals surface area contributed by atoms with E-state index in [1.165, 1.54) is 17.4 Å². The maximum atomic E-state index is 12.2. The van der Waals surface area contributed by atoms with Crippen molar-refractivity contribution in [1.29, 1.82) is 0 Å². The van der Waals surface area contributed by atoms with Gasteiger partial charge in [0.2, 0.25) is 0 Å². The largest absolute Gasteiger partial charge is 0.507 e. The van der Waals surface area contributed by atoms with Crippen LogP contribution in [0.2, 0.25) is 0 Å². The molecule has 0 fully saturated rings. The van der Waals surface area contributed by atoms with Gasteiger partial charge in [0.1, 0.15) is 10.8 Å². The van der Waals surface area contributed by atoms with Crippen molar-refractivity contribution in [3.63, 3.8) is 0 Å². The molecule has 1 unspecified atom stereocenters. The summed E-state index contributed by atoms with van der Waals surface area (Å²) in [6.07, 6.45) is 2.48. The number of rotatable bonds is 4. The Balaban J connectivity index is 2.18. The predicted molar refractivity (Wildman–Crippen MR) is 75.5 cm³/mol. The normalized spacial score (nSPS) is 12.1. The second kappa shape index (κ2) is 5.84. The summed E-state index contributed by atoms with van der Waals surface area (Å²) in [7, 11) is 0. The highest BCUT2D eigenvalue weighted by Gasteiger charge is 2.18. The Labute approximate surface area is 116 Å². The zero-order valence-electron chi connectivity index (χ0n) is 10.9. The van der Waals surface area contributed by atoms with Crippen LogP contribution < -0.4 is 5.32 Å². The highest BCUT2D eigenvalue weighted by Crippen LogP contribution is 2.22. The van der Waals surface area contributed by atoms with Crippen molar-refractivity contribution in [3.05, 3.63) is 45.9 Å². The third-order valence-electron chi connectivity index (χ3n) is 2.86. The van der Waals surface area contributed by atoms with Gasteiger partial charge in [-0.2, -0.15) is 0 Å². The van der Waals surface area contributed by atoms with E-state index in [1.54, 1.807) is 18.3 Å². The average molecular weight is 276 g/mol. The number of nitrogens with zero attached hydrogens (tertiary/aromatic N) is 1. The zero-order valence-corrected chi connectivity index (χ0v) is 11.7. The Kier molecular flexibility index (Phi) is 4.16. The number of benzene rings is 1. The van der Waals surface area contributed by atoms with Gasteiger partial charge in [0.15, 0.2) is 0 Å². The Hall–Kier alpha value is -1.88. The van der Waals surface area contributed by atoms with E-state index in [0.29, 0.717) is 5.56 Å². The fourth-order valence-electron chi connectivity index (χ4n) is 1.81. The van der Waals surface area contributed by atoms with Crippen LogP contribution in [0.15, 0.2) is 29.8 Å². The number of aryl methyl sites for hydroxylation is 1. The molecule has 4 nitrogen and oxygen atoms in total. The molecule has 2 N–H and O–H groups in total. The van der Waals surface area contributed by atoms with Crippen LogP contribution in [0.3, 0.4) is 0 Å². The molecule has 0 radical (unpaired) electrons. The second-order valence-electron chi connectivity index (χ2n) is 4.33. The van der Waals surface area contributed by atoms with E-state index in [1.807, 2.05) is 19.2 Å². The van der Waals surface area contributed by atoms with Crippen LogP contribution in [0.25, 0.3) is 0 Å². The second-order valence-corrected chi connectivity index (χ2v) is 5.25. The molecule has 0 spiro atoms. The summed E-state index contributed by atoms with van der Waals surface area (Å²) in [4.78, 5) is 16.4. The van der Waals surface area contributed by atoms with Crippen molar-refractivity contribution in [1.82, 2.24) is 10.3 Å². The molecule has 100 valence electrons. The number of nitrogens with one attached hydrogen (secondary N) is 1. The van der Waals surface area contributed by atoms with E-state index in [9.17, 15) is 9.90 Å². The standard InChI is InChI=1S/C14H16N2O2S/c1-3-11(14-15-6-7-19-14)16-13(18)10-8-9(2)4-5-12(10)17/h4-8,11,17H,3H2,1-2H3,(H,16,18). The summed E-state index contributed by atoms with van der Waals surface area (Å²) < 4.78 is 0. The monoisotopic (exact) mass is 276 g/mol. The number of hydrogen-bond donors (Lipinski definition) is 2. The Morgan fingerprint density at radius 3 is 2.95 bits per heavy atom. The SMILES string of the molecule is CCC(NC(=O)c1cc(C)ccc1O)c1nccs1. The van der Waals surface area contributed by atoms with Gasteiger partial charge in [-0.25, -0.2) is 4.98 Å². The van der Waals surface area contributed by atoms with Crippen molar-refractivity contribution in [2.24, 2.45) is 0 Å². The lowest BCUT2D eigenvalue weighted by molar-refractivity contribution is 0.0932. The highest BCUT2D eigenvalue weighted by atomic mass is 32.1. The fourth-order valence-corrected chi connectivity index (χ4v) is 2.59. The lowest BCUT2D eigenvalue weighted by Crippen LogP contribution is -2.28. The summed E-state index contributed by atoms with van der Waals surface area (Å²) in [6, 6.07) is 4.87. The minimum atomic E-state index is -0.275. The van der Waals surface area contributed by atoms with Crippen LogP contribution in [-0.4, -0.2) is 16.0 Å². The number of aromatic hydroxyl groups is 1. The Morgan fingerprint density at radius 1 is 1.53 bits per heavy atom. The molecule has 1 heterocycles. The molecule has 5 heteroatoms. The fraction of sp³-hybridized carbons (Fsp3) is 0.286. The Bertz CT molecular complexity index is 567. The van der Waals surface area contributed by atoms with E-state index in [0.717, 1.165) is 17.0 Å². The first-order chi connectivity index (χ1) is 9.11. The summed E-state index contributed by atoms with van der Waals surface area (Å²) in [6.45, 7) is 3.87. The van der Waals surface area contributed by atoms with Crippen LogP contribution in [0.4, 0.5) is 0 Å². The van der Waals surface area contributed by atoms with E-state index in [4.69, 9.17) is 0 Å². The van der Waals surface area contributed by atoms with E-state index in [-0.39, 0.29) is 17.7 Å². The smallest absolute Gasteiger partial charge is 0.255 e. The molecule has 0 aliphatic carbocycles. The number of phenols is 1. The highest BCUT2D eigenvalue weighted by molar-refractivity contribution is 7.09. The summed E-state index contributed by atoms with van der Waals surface area (Å²) in [5.41, 5.74) is 1.24. The zero-order chi connectivity index (χ0) is 13.8. The summed E-state index contributed by atoms with van der Waals surface area (Å²) in [5.74, 6) is -0.277. The predicted octanol–water partition coefficient (Wildman–Crippen LogP) is 3.04. The van der Waals surface area contributed by atoms with Gasteiger partial charge in [0.25, 0.3) is 5.91 Å². The third kappa shape index (κ3) is 3.12. The van der Waals surface area contributed by atoms with Gasteiger partial charge in [0.05, 0.1) is 11.6 Å². The maximum Gasteiger partial charge on any atom is 0.255 e. The van der Waals surface area contributed by atoms with Gasteiger partial charge in [0, 0.05) is 11.6 Å². The van der Waals surface area contributed by atoms with Crippen LogP contribution >= 0.6 is 11.3 Å². The molecule has 0 aliphatic heterocycles. The molecule has 2 aromatic rings. The van der Waals surface area contributed by atoms with Crippen LogP contribution in [0.5, 0.6) is 5.75 Å².